The molecule has 0 aromatic heterocycles. The largest absolute Gasteiger partial charge is 0.542 e. The molecular formula is C34H36ClF3N4O8. The lowest BCUT2D eigenvalue weighted by molar-refractivity contribution is -0.911. The number of likely N-dealkylation sites (tertiary alicyclic amines) is 1. The van der Waals surface area contributed by atoms with Crippen LogP contribution in [-0.2, 0) is 27.3 Å². The summed E-state index contributed by atoms with van der Waals surface area (Å²) in [5.41, 5.74) is 8.71. The lowest BCUT2D eigenvalue weighted by Gasteiger charge is -2.36. The first-order chi connectivity index (χ1) is 23.6. The number of alkyl halides is 3. The maximum absolute atomic E-state index is 14.0. The van der Waals surface area contributed by atoms with Gasteiger partial charge in [0.2, 0.25) is 12.7 Å². The highest BCUT2D eigenvalue weighted by Gasteiger charge is 2.44. The number of carbonyl (C=O) groups is 4. The third-order valence-corrected chi connectivity index (χ3v) is 8.38. The number of ether oxygens (including phenoxy) is 3. The van der Waals surface area contributed by atoms with Crippen LogP contribution < -0.4 is 25.6 Å². The van der Waals surface area contributed by atoms with Crippen molar-refractivity contribution in [1.82, 2.24) is 4.90 Å². The van der Waals surface area contributed by atoms with Gasteiger partial charge in [0.25, 0.3) is 0 Å². The van der Waals surface area contributed by atoms with Crippen LogP contribution in [0, 0.1) is 0 Å². The van der Waals surface area contributed by atoms with E-state index in [0.717, 1.165) is 29.2 Å². The molecule has 0 spiro atoms. The molecule has 2 aliphatic heterocycles. The number of nitrogens with two attached hydrogens (primary N) is 1. The molecule has 3 N–H and O–H groups in total. The van der Waals surface area contributed by atoms with Gasteiger partial charge in [-0.05, 0) is 67.1 Å². The Kier molecular flexibility index (Phi) is 12.2. The normalized spacial score (nSPS) is 18.3. The summed E-state index contributed by atoms with van der Waals surface area (Å²) in [6, 6.07) is 17.9. The van der Waals surface area contributed by atoms with Crippen LogP contribution in [0.15, 0.2) is 66.7 Å². The minimum absolute atomic E-state index is 0.212. The number of quaternary nitrogens is 1. The molecule has 0 radical (unpaired) electrons. The second kappa shape index (κ2) is 16.1. The van der Waals surface area contributed by atoms with Gasteiger partial charge < -0.3 is 44.5 Å². The molecule has 268 valence electrons. The predicted molar refractivity (Wildman–Crippen MR) is 173 cm³/mol. The molecule has 0 bridgehead atoms. The second-order valence-corrected chi connectivity index (χ2v) is 12.4. The molecule has 3 amide bonds. The standard InChI is InChI=1S/C32H35ClN4O6.C2HF3O2/c1-3-41-31(39)23-8-10-25(11-9-23)35-32(40)36(27(30(34)38)16-21-5-4-6-24(33)15-21)26-13-14-37(2,19-26)18-22-7-12-28-29(17-22)43-20-42-28;3-2(4,5)1(6)7/h4-12,15,17,26-27H,3,13-14,16,18-20H2,1-2H3,(H2-,34,35,38,39,40);(H,6,7)/t26-,27+,37?;/m1./s1. The summed E-state index contributed by atoms with van der Waals surface area (Å²) in [5.74, 6) is -2.60. The van der Waals surface area contributed by atoms with Crippen molar-refractivity contribution in [2.75, 3.05) is 38.9 Å². The number of halogens is 4. The number of primary amides is 1. The van der Waals surface area contributed by atoms with Crippen LogP contribution in [0.5, 0.6) is 11.5 Å². The van der Waals surface area contributed by atoms with Gasteiger partial charge in [0.1, 0.15) is 18.6 Å². The molecule has 12 nitrogen and oxygen atoms in total. The van der Waals surface area contributed by atoms with Crippen LogP contribution >= 0.6 is 11.6 Å². The number of hydrogen-bond donors (Lipinski definition) is 2. The fraction of sp³-hybridized carbons (Fsp3) is 0.353. The van der Waals surface area contributed by atoms with E-state index < -0.39 is 36.1 Å². The van der Waals surface area contributed by atoms with Crippen LogP contribution in [0.1, 0.15) is 34.8 Å². The Hall–Kier alpha value is -5.02. The van der Waals surface area contributed by atoms with Gasteiger partial charge in [-0.1, -0.05) is 23.7 Å². The highest BCUT2D eigenvalue weighted by Crippen LogP contribution is 2.35. The fourth-order valence-electron chi connectivity index (χ4n) is 5.88. The van der Waals surface area contributed by atoms with Crippen LogP contribution in [-0.4, -0.2) is 85.1 Å². The number of nitrogens with one attached hydrogen (secondary N) is 1. The number of anilines is 1. The molecule has 16 heteroatoms. The average Bonchev–Trinajstić information content (AvgIpc) is 3.67. The van der Waals surface area contributed by atoms with Crippen molar-refractivity contribution in [2.24, 2.45) is 5.73 Å². The Bertz CT molecular complexity index is 1710. The Morgan fingerprint density at radius 2 is 1.74 bits per heavy atom. The maximum Gasteiger partial charge on any atom is 0.430 e. The number of carboxylic acids is 1. The first-order valence-electron chi connectivity index (χ1n) is 15.5. The second-order valence-electron chi connectivity index (χ2n) is 12.0. The van der Waals surface area contributed by atoms with E-state index in [9.17, 15) is 27.6 Å². The molecule has 50 heavy (non-hydrogen) atoms. The summed E-state index contributed by atoms with van der Waals surface area (Å²) in [7, 11) is 2.14. The van der Waals surface area contributed by atoms with Crippen molar-refractivity contribution in [2.45, 2.75) is 44.6 Å². The minimum Gasteiger partial charge on any atom is -0.542 e. The zero-order chi connectivity index (χ0) is 36.6. The van der Waals surface area contributed by atoms with E-state index in [4.69, 9.17) is 41.4 Å². The number of esters is 1. The minimum atomic E-state index is -5.19. The molecule has 2 aliphatic rings. The van der Waals surface area contributed by atoms with Gasteiger partial charge in [-0.15, -0.1) is 0 Å². The summed E-state index contributed by atoms with van der Waals surface area (Å²) in [4.78, 5) is 49.4. The summed E-state index contributed by atoms with van der Waals surface area (Å²) in [6.45, 7) is 4.34. The molecule has 2 heterocycles. The van der Waals surface area contributed by atoms with Crippen molar-refractivity contribution < 1.29 is 56.1 Å². The van der Waals surface area contributed by atoms with Crippen molar-refractivity contribution in [1.29, 1.82) is 0 Å². The zero-order valence-corrected chi connectivity index (χ0v) is 28.0. The Labute approximate surface area is 291 Å². The van der Waals surface area contributed by atoms with Crippen molar-refractivity contribution in [3.63, 3.8) is 0 Å². The number of rotatable bonds is 10. The lowest BCUT2D eigenvalue weighted by Crippen LogP contribution is -2.56. The molecule has 3 aromatic carbocycles. The SMILES string of the molecule is CCOC(=O)c1ccc(NC(=O)N([C@@H]2CC[N+](C)(Cc3ccc4c(c3)OCO4)C2)[C@@H](Cc2cccc(Cl)c2)C(N)=O)cc1.O=C([O-])C(F)(F)F. The Balaban J connectivity index is 0.000000727. The predicted octanol–water partition coefficient (Wildman–Crippen LogP) is 3.89. The van der Waals surface area contributed by atoms with Gasteiger partial charge in [0.15, 0.2) is 11.5 Å². The number of amides is 3. The number of fused-ring (bicyclic) bond motifs is 1. The number of carboxylic acid groups (broad SMARTS) is 1. The highest BCUT2D eigenvalue weighted by molar-refractivity contribution is 6.30. The van der Waals surface area contributed by atoms with E-state index in [0.29, 0.717) is 40.3 Å². The quantitative estimate of drug-likeness (QED) is 0.236. The smallest absolute Gasteiger partial charge is 0.430 e. The van der Waals surface area contributed by atoms with Crippen molar-refractivity contribution >= 4 is 41.2 Å². The fourth-order valence-corrected chi connectivity index (χ4v) is 6.09. The number of likely N-dealkylation sites (N-methyl/N-ethyl adjacent to an activating group) is 1. The molecule has 0 saturated carbocycles. The van der Waals surface area contributed by atoms with E-state index in [-0.39, 0.29) is 25.9 Å². The van der Waals surface area contributed by atoms with Crippen molar-refractivity contribution in [3.8, 4) is 11.5 Å². The number of aliphatic carboxylic acids is 1. The molecular weight excluding hydrogens is 685 g/mol. The van der Waals surface area contributed by atoms with Gasteiger partial charge in [-0.2, -0.15) is 13.2 Å². The Morgan fingerprint density at radius 1 is 1.06 bits per heavy atom. The van der Waals surface area contributed by atoms with Gasteiger partial charge in [0, 0.05) is 29.1 Å². The summed E-state index contributed by atoms with van der Waals surface area (Å²) < 4.78 is 48.3. The van der Waals surface area contributed by atoms with E-state index in [1.54, 1.807) is 54.3 Å². The van der Waals surface area contributed by atoms with Gasteiger partial charge in [-0.3, -0.25) is 4.79 Å². The molecule has 3 aromatic rings. The number of carbonyl (C=O) groups excluding carboxylic acids is 4. The molecule has 3 atom stereocenters. The Morgan fingerprint density at radius 3 is 2.36 bits per heavy atom. The molecule has 0 aliphatic carbocycles. The van der Waals surface area contributed by atoms with Crippen LogP contribution in [0.4, 0.5) is 23.7 Å². The van der Waals surface area contributed by atoms with Crippen molar-refractivity contribution in [3.05, 3.63) is 88.4 Å². The van der Waals surface area contributed by atoms with E-state index in [2.05, 4.69) is 12.4 Å². The average molecular weight is 721 g/mol. The topological polar surface area (TPSA) is 160 Å². The van der Waals surface area contributed by atoms with Gasteiger partial charge in [0.05, 0.1) is 38.3 Å². The summed E-state index contributed by atoms with van der Waals surface area (Å²) >= 11 is 6.23. The molecule has 5 rings (SSSR count). The van der Waals surface area contributed by atoms with Crippen LogP contribution in [0.25, 0.3) is 0 Å². The summed E-state index contributed by atoms with van der Waals surface area (Å²) in [5, 5.41) is 12.2. The monoisotopic (exact) mass is 720 g/mol. The molecule has 1 unspecified atom stereocenters. The maximum atomic E-state index is 14.0. The number of urea groups is 1. The third-order valence-electron chi connectivity index (χ3n) is 8.14. The van der Waals surface area contributed by atoms with Gasteiger partial charge >= 0.3 is 18.2 Å². The molecule has 1 fully saturated rings. The first-order valence-corrected chi connectivity index (χ1v) is 15.9. The van der Waals surface area contributed by atoms with E-state index in [1.165, 1.54) is 0 Å². The third kappa shape index (κ3) is 10.0. The number of benzene rings is 3. The lowest BCUT2D eigenvalue weighted by atomic mass is 10.0. The molecule has 1 saturated heterocycles. The number of hydrogen-bond acceptors (Lipinski definition) is 8. The summed E-state index contributed by atoms with van der Waals surface area (Å²) in [6.07, 6.45) is -4.30. The van der Waals surface area contributed by atoms with Crippen LogP contribution in [0.2, 0.25) is 5.02 Å². The van der Waals surface area contributed by atoms with E-state index >= 15 is 0 Å². The van der Waals surface area contributed by atoms with Crippen LogP contribution in [0.3, 0.4) is 0 Å². The zero-order valence-electron chi connectivity index (χ0n) is 27.2. The number of nitrogens with zero attached hydrogens (tertiary/aromatic N) is 2. The highest BCUT2D eigenvalue weighted by atomic mass is 35.5. The van der Waals surface area contributed by atoms with Gasteiger partial charge in [-0.25, -0.2) is 9.59 Å². The first kappa shape index (κ1) is 37.8. The van der Waals surface area contributed by atoms with E-state index in [1.807, 2.05) is 24.3 Å².